The molecule has 0 saturated carbocycles. The fourth-order valence-electron chi connectivity index (χ4n) is 2.03. The first-order valence-corrected chi connectivity index (χ1v) is 6.16. The summed E-state index contributed by atoms with van der Waals surface area (Å²) in [7, 11) is 0. The fourth-order valence-corrected chi connectivity index (χ4v) is 2.03. The first kappa shape index (κ1) is 13.5. The van der Waals surface area contributed by atoms with Crippen LogP contribution in [0.25, 0.3) is 0 Å². The number of aromatic nitrogens is 2. The number of carbonyl (C=O) groups is 2. The lowest BCUT2D eigenvalue weighted by atomic mass is 9.89. The summed E-state index contributed by atoms with van der Waals surface area (Å²) in [6, 6.07) is 1.71. The molecule has 102 valence electrons. The molecular formula is C13H18N4O2. The average Bonchev–Trinajstić information content (AvgIpc) is 2.34. The molecular weight excluding hydrogens is 244 g/mol. The Hall–Kier alpha value is -1.98. The van der Waals surface area contributed by atoms with E-state index in [-0.39, 0.29) is 18.4 Å². The monoisotopic (exact) mass is 262 g/mol. The van der Waals surface area contributed by atoms with Gasteiger partial charge in [-0.15, -0.1) is 0 Å². The van der Waals surface area contributed by atoms with E-state index >= 15 is 0 Å². The third-order valence-electron chi connectivity index (χ3n) is 3.36. The maximum absolute atomic E-state index is 12.5. The molecule has 6 nitrogen and oxygen atoms in total. The molecule has 6 heteroatoms. The predicted molar refractivity (Wildman–Crippen MR) is 68.9 cm³/mol. The summed E-state index contributed by atoms with van der Waals surface area (Å²) in [5, 5.41) is 2.74. The molecule has 2 heterocycles. The molecule has 0 atom stereocenters. The lowest BCUT2D eigenvalue weighted by molar-refractivity contribution is -0.160. The molecule has 1 fully saturated rings. The zero-order valence-electron chi connectivity index (χ0n) is 11.6. The second-order valence-corrected chi connectivity index (χ2v) is 5.69. The van der Waals surface area contributed by atoms with Crippen molar-refractivity contribution in [2.75, 3.05) is 0 Å². The number of amides is 2. The van der Waals surface area contributed by atoms with Gasteiger partial charge < -0.3 is 10.2 Å². The number of hydrogen-bond acceptors (Lipinski definition) is 4. The van der Waals surface area contributed by atoms with Crippen LogP contribution >= 0.6 is 0 Å². The number of carbonyl (C=O) groups excluding carboxylic acids is 2. The van der Waals surface area contributed by atoms with Crippen molar-refractivity contribution in [3.05, 3.63) is 24.3 Å². The minimum atomic E-state index is -0.911. The van der Waals surface area contributed by atoms with Crippen LogP contribution in [0.3, 0.4) is 0 Å². The van der Waals surface area contributed by atoms with Crippen LogP contribution in [0.4, 0.5) is 0 Å². The molecule has 0 radical (unpaired) electrons. The van der Waals surface area contributed by atoms with E-state index in [0.717, 1.165) is 0 Å². The van der Waals surface area contributed by atoms with E-state index in [0.29, 0.717) is 5.82 Å². The third kappa shape index (κ3) is 2.30. The predicted octanol–water partition coefficient (Wildman–Crippen LogP) is 0.492. The van der Waals surface area contributed by atoms with E-state index in [2.05, 4.69) is 15.3 Å². The lowest BCUT2D eigenvalue weighted by Gasteiger charge is -2.47. The summed E-state index contributed by atoms with van der Waals surface area (Å²) in [4.78, 5) is 34.3. The van der Waals surface area contributed by atoms with Crippen LogP contribution in [0.15, 0.2) is 18.5 Å². The van der Waals surface area contributed by atoms with Gasteiger partial charge in [0.25, 0.3) is 0 Å². The topological polar surface area (TPSA) is 75.2 Å². The highest BCUT2D eigenvalue weighted by Gasteiger charge is 2.50. The van der Waals surface area contributed by atoms with Crippen molar-refractivity contribution in [2.24, 2.45) is 0 Å². The van der Waals surface area contributed by atoms with Gasteiger partial charge in [0.15, 0.2) is 0 Å². The van der Waals surface area contributed by atoms with Crippen molar-refractivity contribution in [2.45, 2.75) is 45.3 Å². The van der Waals surface area contributed by atoms with Gasteiger partial charge in [-0.1, -0.05) is 0 Å². The Balaban J connectivity index is 2.34. The largest absolute Gasteiger partial charge is 0.340 e. The van der Waals surface area contributed by atoms with E-state index in [1.165, 1.54) is 4.90 Å². The van der Waals surface area contributed by atoms with Crippen molar-refractivity contribution >= 4 is 11.8 Å². The molecule has 1 aromatic rings. The van der Waals surface area contributed by atoms with Gasteiger partial charge in [-0.25, -0.2) is 9.97 Å². The summed E-state index contributed by atoms with van der Waals surface area (Å²) in [5.41, 5.74) is -1.81. The third-order valence-corrected chi connectivity index (χ3v) is 3.36. The molecule has 1 aliphatic rings. The molecule has 2 rings (SSSR count). The molecule has 19 heavy (non-hydrogen) atoms. The van der Waals surface area contributed by atoms with Gasteiger partial charge >= 0.3 is 0 Å². The normalized spacial score (nSPS) is 21.2. The molecule has 1 saturated heterocycles. The van der Waals surface area contributed by atoms with Crippen LogP contribution in [0.2, 0.25) is 0 Å². The zero-order valence-corrected chi connectivity index (χ0v) is 11.6. The van der Waals surface area contributed by atoms with Crippen LogP contribution in [0.5, 0.6) is 0 Å². The standard InChI is InChI=1S/C13H18N4O2/c1-12(2)11(19)17(13(3,4)10(18)16-12)8-9-14-6-5-7-15-9/h5-7H,8H2,1-4H3,(H,16,18). The maximum Gasteiger partial charge on any atom is 0.249 e. The van der Waals surface area contributed by atoms with Crippen molar-refractivity contribution < 1.29 is 9.59 Å². The van der Waals surface area contributed by atoms with Gasteiger partial charge in [-0.05, 0) is 33.8 Å². The summed E-state index contributed by atoms with van der Waals surface area (Å²) >= 11 is 0. The van der Waals surface area contributed by atoms with Crippen molar-refractivity contribution in [3.8, 4) is 0 Å². The summed E-state index contributed by atoms with van der Waals surface area (Å²) in [6.07, 6.45) is 3.24. The molecule has 0 spiro atoms. The van der Waals surface area contributed by atoms with E-state index < -0.39 is 11.1 Å². The fraction of sp³-hybridized carbons (Fsp3) is 0.538. The number of nitrogens with one attached hydrogen (secondary N) is 1. The molecule has 0 aromatic carbocycles. The Morgan fingerprint density at radius 2 is 1.74 bits per heavy atom. The Morgan fingerprint density at radius 3 is 2.32 bits per heavy atom. The van der Waals surface area contributed by atoms with Crippen molar-refractivity contribution in [1.82, 2.24) is 20.2 Å². The van der Waals surface area contributed by atoms with Crippen LogP contribution in [-0.2, 0) is 16.1 Å². The number of nitrogens with zero attached hydrogens (tertiary/aromatic N) is 3. The van der Waals surface area contributed by atoms with Crippen LogP contribution in [0.1, 0.15) is 33.5 Å². The molecule has 2 amide bonds. The summed E-state index contributed by atoms with van der Waals surface area (Å²) < 4.78 is 0. The highest BCUT2D eigenvalue weighted by molar-refractivity contribution is 6.01. The smallest absolute Gasteiger partial charge is 0.249 e. The van der Waals surface area contributed by atoms with Crippen molar-refractivity contribution in [1.29, 1.82) is 0 Å². The summed E-state index contributed by atoms with van der Waals surface area (Å²) in [6.45, 7) is 7.06. The van der Waals surface area contributed by atoms with Gasteiger partial charge in [-0.3, -0.25) is 9.59 Å². The van der Waals surface area contributed by atoms with E-state index in [1.807, 2.05) is 0 Å². The molecule has 0 aliphatic carbocycles. The minimum absolute atomic E-state index is 0.135. The van der Waals surface area contributed by atoms with Gasteiger partial charge in [0.2, 0.25) is 11.8 Å². The highest BCUT2D eigenvalue weighted by atomic mass is 16.2. The first-order valence-electron chi connectivity index (χ1n) is 6.16. The lowest BCUT2D eigenvalue weighted by Crippen LogP contribution is -2.71. The second-order valence-electron chi connectivity index (χ2n) is 5.69. The Labute approximate surface area is 112 Å². The Bertz CT molecular complexity index is 511. The van der Waals surface area contributed by atoms with Gasteiger partial charge in [0.1, 0.15) is 16.9 Å². The van der Waals surface area contributed by atoms with E-state index in [1.54, 1.807) is 46.2 Å². The molecule has 1 N–H and O–H groups in total. The van der Waals surface area contributed by atoms with Crippen LogP contribution in [-0.4, -0.2) is 37.8 Å². The first-order chi connectivity index (χ1) is 8.75. The van der Waals surface area contributed by atoms with Crippen LogP contribution < -0.4 is 5.32 Å². The van der Waals surface area contributed by atoms with Gasteiger partial charge in [0, 0.05) is 12.4 Å². The quantitative estimate of drug-likeness (QED) is 0.841. The van der Waals surface area contributed by atoms with Crippen molar-refractivity contribution in [3.63, 3.8) is 0 Å². The molecule has 0 bridgehead atoms. The molecule has 1 aromatic heterocycles. The second kappa shape index (κ2) is 4.29. The highest BCUT2D eigenvalue weighted by Crippen LogP contribution is 2.26. The van der Waals surface area contributed by atoms with Crippen LogP contribution in [0, 0.1) is 0 Å². The molecule has 0 unspecified atom stereocenters. The zero-order chi connectivity index (χ0) is 14.3. The summed E-state index contributed by atoms with van der Waals surface area (Å²) in [5.74, 6) is 0.215. The number of rotatable bonds is 2. The van der Waals surface area contributed by atoms with E-state index in [4.69, 9.17) is 0 Å². The SMILES string of the molecule is CC1(C)NC(=O)C(C)(C)N(Cc2ncccn2)C1=O. The Morgan fingerprint density at radius 1 is 1.16 bits per heavy atom. The minimum Gasteiger partial charge on any atom is -0.340 e. The molecule has 1 aliphatic heterocycles. The van der Waals surface area contributed by atoms with Gasteiger partial charge in [0.05, 0.1) is 6.54 Å². The maximum atomic E-state index is 12.5. The Kier molecular flexibility index (Phi) is 3.04. The van der Waals surface area contributed by atoms with Gasteiger partial charge in [-0.2, -0.15) is 0 Å². The number of piperazine rings is 1. The average molecular weight is 262 g/mol. The van der Waals surface area contributed by atoms with E-state index in [9.17, 15) is 9.59 Å². The number of hydrogen-bond donors (Lipinski definition) is 1.